The van der Waals surface area contributed by atoms with E-state index >= 15 is 0 Å². The first-order valence-corrected chi connectivity index (χ1v) is 7.47. The van der Waals surface area contributed by atoms with Gasteiger partial charge in [-0.3, -0.25) is 4.79 Å². The zero-order valence-electron chi connectivity index (χ0n) is 12.9. The van der Waals surface area contributed by atoms with E-state index in [1.165, 1.54) is 12.1 Å². The molecule has 0 aliphatic heterocycles. The molecule has 0 fully saturated rings. The Morgan fingerprint density at radius 1 is 1.00 bits per heavy atom. The summed E-state index contributed by atoms with van der Waals surface area (Å²) in [7, 11) is 0. The SMILES string of the molecule is CCCCOc1ccc(C(=O)Nc2ccc(C(=O)O)cc2)cc1. The largest absolute Gasteiger partial charge is 0.494 e. The van der Waals surface area contributed by atoms with Crippen molar-refractivity contribution in [2.45, 2.75) is 19.8 Å². The van der Waals surface area contributed by atoms with Gasteiger partial charge in [-0.25, -0.2) is 4.79 Å². The molecule has 2 N–H and O–H groups in total. The Morgan fingerprint density at radius 3 is 2.17 bits per heavy atom. The fourth-order valence-electron chi connectivity index (χ4n) is 1.94. The summed E-state index contributed by atoms with van der Waals surface area (Å²) in [5, 5.41) is 11.6. The molecule has 0 bridgehead atoms. The number of anilines is 1. The van der Waals surface area contributed by atoms with Crippen molar-refractivity contribution >= 4 is 17.6 Å². The second-order valence-electron chi connectivity index (χ2n) is 5.06. The van der Waals surface area contributed by atoms with Crippen LogP contribution in [-0.2, 0) is 0 Å². The molecule has 0 saturated heterocycles. The average Bonchev–Trinajstić information content (AvgIpc) is 2.56. The number of ether oxygens (including phenoxy) is 1. The zero-order chi connectivity index (χ0) is 16.7. The van der Waals surface area contributed by atoms with Crippen LogP contribution in [0, 0.1) is 0 Å². The van der Waals surface area contributed by atoms with E-state index in [0.717, 1.165) is 18.6 Å². The summed E-state index contributed by atoms with van der Waals surface area (Å²) in [6.07, 6.45) is 2.07. The van der Waals surface area contributed by atoms with Gasteiger partial charge < -0.3 is 15.2 Å². The van der Waals surface area contributed by atoms with Crippen LogP contribution in [0.4, 0.5) is 5.69 Å². The molecule has 0 spiro atoms. The number of aromatic carboxylic acids is 1. The number of benzene rings is 2. The van der Waals surface area contributed by atoms with Crippen molar-refractivity contribution in [3.63, 3.8) is 0 Å². The maximum absolute atomic E-state index is 12.1. The molecule has 2 aromatic rings. The molecular formula is C18H19NO4. The van der Waals surface area contributed by atoms with Crippen LogP contribution in [-0.4, -0.2) is 23.6 Å². The van der Waals surface area contributed by atoms with Crippen LogP contribution in [0.1, 0.15) is 40.5 Å². The molecule has 0 atom stereocenters. The number of carbonyl (C=O) groups is 2. The number of rotatable bonds is 7. The van der Waals surface area contributed by atoms with Crippen LogP contribution >= 0.6 is 0 Å². The smallest absolute Gasteiger partial charge is 0.335 e. The molecule has 0 unspecified atom stereocenters. The summed E-state index contributed by atoms with van der Waals surface area (Å²) in [4.78, 5) is 22.9. The van der Waals surface area contributed by atoms with Gasteiger partial charge >= 0.3 is 5.97 Å². The first kappa shape index (κ1) is 16.5. The summed E-state index contributed by atoms with van der Waals surface area (Å²) in [6, 6.07) is 12.9. The summed E-state index contributed by atoms with van der Waals surface area (Å²) in [5.74, 6) is -0.518. The molecule has 0 heterocycles. The molecule has 5 nitrogen and oxygen atoms in total. The van der Waals surface area contributed by atoms with E-state index in [2.05, 4.69) is 12.2 Å². The maximum atomic E-state index is 12.1. The van der Waals surface area contributed by atoms with Crippen molar-refractivity contribution in [3.05, 3.63) is 59.7 Å². The van der Waals surface area contributed by atoms with Gasteiger partial charge in [0.15, 0.2) is 0 Å². The number of carboxylic acid groups (broad SMARTS) is 1. The Kier molecular flexibility index (Phi) is 5.74. The van der Waals surface area contributed by atoms with Crippen molar-refractivity contribution in [2.75, 3.05) is 11.9 Å². The highest BCUT2D eigenvalue weighted by Crippen LogP contribution is 2.15. The lowest BCUT2D eigenvalue weighted by atomic mass is 10.2. The van der Waals surface area contributed by atoms with Crippen LogP contribution in [0.3, 0.4) is 0 Å². The van der Waals surface area contributed by atoms with Gasteiger partial charge in [0.25, 0.3) is 5.91 Å². The standard InChI is InChI=1S/C18H19NO4/c1-2-3-12-23-16-10-6-13(7-11-16)17(20)19-15-8-4-14(5-9-15)18(21)22/h4-11H,2-3,12H2,1H3,(H,19,20)(H,21,22). The zero-order valence-corrected chi connectivity index (χ0v) is 12.9. The first-order valence-electron chi connectivity index (χ1n) is 7.47. The molecule has 0 radical (unpaired) electrons. The summed E-state index contributed by atoms with van der Waals surface area (Å²) < 4.78 is 5.55. The summed E-state index contributed by atoms with van der Waals surface area (Å²) in [6.45, 7) is 2.76. The highest BCUT2D eigenvalue weighted by Gasteiger charge is 2.07. The number of carbonyl (C=O) groups excluding carboxylic acids is 1. The van der Waals surface area contributed by atoms with Crippen LogP contribution in [0.2, 0.25) is 0 Å². The Morgan fingerprint density at radius 2 is 1.61 bits per heavy atom. The molecule has 0 aromatic heterocycles. The number of carboxylic acids is 1. The van der Waals surface area contributed by atoms with Crippen molar-refractivity contribution < 1.29 is 19.4 Å². The van der Waals surface area contributed by atoms with E-state index in [9.17, 15) is 9.59 Å². The Balaban J connectivity index is 1.96. The predicted octanol–water partition coefficient (Wildman–Crippen LogP) is 3.82. The maximum Gasteiger partial charge on any atom is 0.335 e. The Bertz CT molecular complexity index is 662. The third-order valence-corrected chi connectivity index (χ3v) is 3.27. The topological polar surface area (TPSA) is 75.6 Å². The molecule has 120 valence electrons. The van der Waals surface area contributed by atoms with Crippen LogP contribution in [0.25, 0.3) is 0 Å². The normalized spacial score (nSPS) is 10.1. The van der Waals surface area contributed by atoms with E-state index in [1.54, 1.807) is 36.4 Å². The molecule has 0 aliphatic carbocycles. The number of unbranched alkanes of at least 4 members (excludes halogenated alkanes) is 1. The van der Waals surface area contributed by atoms with Crippen molar-refractivity contribution in [3.8, 4) is 5.75 Å². The third-order valence-electron chi connectivity index (χ3n) is 3.27. The van der Waals surface area contributed by atoms with Gasteiger partial charge in [-0.2, -0.15) is 0 Å². The van der Waals surface area contributed by atoms with Gasteiger partial charge in [0, 0.05) is 11.3 Å². The molecule has 2 rings (SSSR count). The van der Waals surface area contributed by atoms with Gasteiger partial charge in [0.05, 0.1) is 12.2 Å². The van der Waals surface area contributed by atoms with E-state index in [4.69, 9.17) is 9.84 Å². The second kappa shape index (κ2) is 7.98. The Hall–Kier alpha value is -2.82. The number of nitrogens with one attached hydrogen (secondary N) is 1. The minimum absolute atomic E-state index is 0.177. The monoisotopic (exact) mass is 313 g/mol. The highest BCUT2D eigenvalue weighted by atomic mass is 16.5. The van der Waals surface area contributed by atoms with Gasteiger partial charge in [-0.1, -0.05) is 13.3 Å². The number of hydrogen-bond acceptors (Lipinski definition) is 3. The molecule has 23 heavy (non-hydrogen) atoms. The quantitative estimate of drug-likeness (QED) is 0.762. The first-order chi connectivity index (χ1) is 11.1. The average molecular weight is 313 g/mol. The molecular weight excluding hydrogens is 294 g/mol. The lowest BCUT2D eigenvalue weighted by Crippen LogP contribution is -2.12. The lowest BCUT2D eigenvalue weighted by Gasteiger charge is -2.08. The molecule has 5 heteroatoms. The minimum Gasteiger partial charge on any atom is -0.494 e. The fraction of sp³-hybridized carbons (Fsp3) is 0.222. The third kappa shape index (κ3) is 4.85. The molecule has 2 aromatic carbocycles. The fourth-order valence-corrected chi connectivity index (χ4v) is 1.94. The van der Waals surface area contributed by atoms with Gasteiger partial charge in [-0.15, -0.1) is 0 Å². The molecule has 0 saturated carbocycles. The van der Waals surface area contributed by atoms with Crippen molar-refractivity contribution in [2.24, 2.45) is 0 Å². The van der Waals surface area contributed by atoms with Gasteiger partial charge in [0.1, 0.15) is 5.75 Å². The lowest BCUT2D eigenvalue weighted by molar-refractivity contribution is 0.0696. The van der Waals surface area contributed by atoms with Gasteiger partial charge in [-0.05, 0) is 55.0 Å². The molecule has 0 aliphatic rings. The van der Waals surface area contributed by atoms with E-state index in [0.29, 0.717) is 17.9 Å². The van der Waals surface area contributed by atoms with Crippen molar-refractivity contribution in [1.82, 2.24) is 0 Å². The van der Waals surface area contributed by atoms with Gasteiger partial charge in [0.2, 0.25) is 0 Å². The van der Waals surface area contributed by atoms with Crippen molar-refractivity contribution in [1.29, 1.82) is 0 Å². The van der Waals surface area contributed by atoms with E-state index in [-0.39, 0.29) is 11.5 Å². The molecule has 1 amide bonds. The minimum atomic E-state index is -0.999. The predicted molar refractivity (Wildman–Crippen MR) is 88.2 cm³/mol. The second-order valence-corrected chi connectivity index (χ2v) is 5.06. The van der Waals surface area contributed by atoms with E-state index in [1.807, 2.05) is 0 Å². The number of hydrogen-bond donors (Lipinski definition) is 2. The summed E-state index contributed by atoms with van der Waals surface area (Å²) in [5.41, 5.74) is 1.23. The Labute approximate surface area is 134 Å². The van der Waals surface area contributed by atoms with Crippen LogP contribution in [0.5, 0.6) is 5.75 Å². The van der Waals surface area contributed by atoms with Crippen LogP contribution < -0.4 is 10.1 Å². The summed E-state index contributed by atoms with van der Waals surface area (Å²) >= 11 is 0. The van der Waals surface area contributed by atoms with E-state index < -0.39 is 5.97 Å². The van der Waals surface area contributed by atoms with Crippen LogP contribution in [0.15, 0.2) is 48.5 Å². The highest BCUT2D eigenvalue weighted by molar-refractivity contribution is 6.04. The number of amides is 1.